The molecule has 11 heteroatoms. The van der Waals surface area contributed by atoms with Crippen molar-refractivity contribution in [3.63, 3.8) is 0 Å². The van der Waals surface area contributed by atoms with Gasteiger partial charge in [0.25, 0.3) is 0 Å². The van der Waals surface area contributed by atoms with Crippen molar-refractivity contribution < 1.29 is 19.0 Å². The lowest BCUT2D eigenvalue weighted by molar-refractivity contribution is 0.0697. The molecule has 3 aromatic carbocycles. The number of hydrogen-bond acceptors (Lipinski definition) is 6. The quantitative estimate of drug-likeness (QED) is 0.165. The fourth-order valence-electron chi connectivity index (χ4n) is 6.14. The molecule has 1 atom stereocenters. The van der Waals surface area contributed by atoms with Gasteiger partial charge in [-0.3, -0.25) is 4.90 Å². The van der Waals surface area contributed by atoms with Crippen LogP contribution in [-0.4, -0.2) is 48.2 Å². The van der Waals surface area contributed by atoms with Crippen LogP contribution in [0.4, 0.5) is 4.39 Å². The van der Waals surface area contributed by atoms with E-state index in [1.807, 2.05) is 30.5 Å². The highest BCUT2D eigenvalue weighted by Crippen LogP contribution is 2.35. The number of likely N-dealkylation sites (tertiary alicyclic amines) is 1. The maximum absolute atomic E-state index is 15.9. The number of alkyl halides is 1. The monoisotopic (exact) mass is 640 g/mol. The Hall–Kier alpha value is -4.72. The molecule has 0 bridgehead atoms. The number of aromatic carboxylic acids is 1. The Morgan fingerprint density at radius 2 is 1.98 bits per heavy atom. The lowest BCUT2D eigenvalue weighted by atomic mass is 9.88. The Morgan fingerprint density at radius 3 is 2.74 bits per heavy atom. The second-order valence-corrected chi connectivity index (χ2v) is 12.0. The number of halogens is 2. The summed E-state index contributed by atoms with van der Waals surface area (Å²) in [4.78, 5) is 23.2. The van der Waals surface area contributed by atoms with E-state index < -0.39 is 12.1 Å². The number of carbonyl (C=O) groups is 1. The molecule has 0 aliphatic carbocycles. The predicted octanol–water partition coefficient (Wildman–Crippen LogP) is 7.03. The number of hydrogen-bond donors (Lipinski definition) is 1. The summed E-state index contributed by atoms with van der Waals surface area (Å²) in [6.07, 6.45) is 3.91. The van der Waals surface area contributed by atoms with Crippen LogP contribution >= 0.6 is 11.6 Å². The van der Waals surface area contributed by atoms with E-state index in [0.717, 1.165) is 47.7 Å². The second kappa shape index (κ2) is 13.7. The molecule has 0 saturated carbocycles. The third-order valence-electron chi connectivity index (χ3n) is 8.67. The molecule has 3 heterocycles. The normalized spacial score (nSPS) is 14.7. The molecule has 46 heavy (non-hydrogen) atoms. The Labute approximate surface area is 271 Å². The Kier molecular flexibility index (Phi) is 9.33. The van der Waals surface area contributed by atoms with Crippen LogP contribution in [0.15, 0.2) is 73.2 Å². The summed E-state index contributed by atoms with van der Waals surface area (Å²) in [6, 6.07) is 19.4. The Morgan fingerprint density at radius 1 is 1.15 bits per heavy atom. The standard InChI is InChI=1S/C35H34ClFN6O3/c1-2-42-22-39-18-29(42)19-43-31-16-26(35(44)45)6-8-30(31)40-33(43)20-41-12-10-24(11-13-41)34(37)25-5-3-4-23(14-25)21-46-32-9-7-28(36)15-27(32)17-38/h3-9,14-16,18,22,24,34H,2,10-13,19-21H2,1H3,(H,44,45)/t34-/m0/s1. The SMILES string of the molecule is CCn1cncc1Cn1c(CN2CCC([C@H](F)c3cccc(COc4ccc(Cl)cc4C#N)c3)CC2)nc2ccc(C(=O)O)cc21. The summed E-state index contributed by atoms with van der Waals surface area (Å²) in [5.74, 6) is 0.174. The number of ether oxygens (including phenoxy) is 1. The molecular formula is C35H34ClFN6O3. The van der Waals surface area contributed by atoms with E-state index in [1.54, 1.807) is 42.7 Å². The van der Waals surface area contributed by atoms with Crippen LogP contribution in [0.5, 0.6) is 5.75 Å². The number of fused-ring (bicyclic) bond motifs is 1. The lowest BCUT2D eigenvalue weighted by Crippen LogP contribution is -2.35. The Balaban J connectivity index is 1.12. The average Bonchev–Trinajstić information content (AvgIpc) is 3.67. The number of carboxylic acids is 1. The highest BCUT2D eigenvalue weighted by molar-refractivity contribution is 6.30. The van der Waals surface area contributed by atoms with Crippen LogP contribution in [0.3, 0.4) is 0 Å². The first-order valence-electron chi connectivity index (χ1n) is 15.3. The molecule has 1 N–H and O–H groups in total. The van der Waals surface area contributed by atoms with Crippen LogP contribution < -0.4 is 4.74 Å². The summed E-state index contributed by atoms with van der Waals surface area (Å²) < 4.78 is 25.9. The molecule has 0 amide bonds. The minimum atomic E-state index is -1.11. The molecule has 6 rings (SSSR count). The number of benzene rings is 3. The van der Waals surface area contributed by atoms with E-state index >= 15 is 4.39 Å². The molecule has 1 saturated heterocycles. The van der Waals surface area contributed by atoms with Gasteiger partial charge in [-0.1, -0.05) is 29.8 Å². The van der Waals surface area contributed by atoms with E-state index in [9.17, 15) is 15.2 Å². The number of nitriles is 1. The van der Waals surface area contributed by atoms with Gasteiger partial charge >= 0.3 is 5.97 Å². The van der Waals surface area contributed by atoms with Crippen LogP contribution in [0.1, 0.15) is 64.5 Å². The van der Waals surface area contributed by atoms with Crippen molar-refractivity contribution in [2.45, 2.75) is 52.2 Å². The molecule has 1 fully saturated rings. The average molecular weight is 641 g/mol. The van der Waals surface area contributed by atoms with E-state index in [2.05, 4.69) is 32.0 Å². The first-order valence-corrected chi connectivity index (χ1v) is 15.7. The number of imidazole rings is 2. The fraction of sp³-hybridized carbons (Fsp3) is 0.314. The largest absolute Gasteiger partial charge is 0.488 e. The van der Waals surface area contributed by atoms with Crippen LogP contribution in [0.25, 0.3) is 11.0 Å². The smallest absolute Gasteiger partial charge is 0.335 e. The molecule has 236 valence electrons. The van der Waals surface area contributed by atoms with Crippen molar-refractivity contribution >= 4 is 28.6 Å². The van der Waals surface area contributed by atoms with Crippen LogP contribution in [0, 0.1) is 17.2 Å². The van der Waals surface area contributed by atoms with Gasteiger partial charge in [-0.05, 0) is 92.4 Å². The van der Waals surface area contributed by atoms with Crippen molar-refractivity contribution in [2.24, 2.45) is 5.92 Å². The van der Waals surface area contributed by atoms with Crippen LogP contribution in [-0.2, 0) is 26.2 Å². The number of aryl methyl sites for hydroxylation is 1. The van der Waals surface area contributed by atoms with Gasteiger partial charge in [0.1, 0.15) is 30.4 Å². The predicted molar refractivity (Wildman–Crippen MR) is 172 cm³/mol. The van der Waals surface area contributed by atoms with Crippen molar-refractivity contribution in [1.29, 1.82) is 5.26 Å². The zero-order chi connectivity index (χ0) is 32.2. The third kappa shape index (κ3) is 6.76. The van der Waals surface area contributed by atoms with Crippen LogP contribution in [0.2, 0.25) is 5.02 Å². The van der Waals surface area contributed by atoms with Crippen molar-refractivity contribution in [2.75, 3.05) is 13.1 Å². The maximum atomic E-state index is 15.9. The molecule has 1 aliphatic rings. The number of rotatable bonds is 11. The van der Waals surface area contributed by atoms with Gasteiger partial charge in [0.05, 0.1) is 47.3 Å². The molecule has 0 radical (unpaired) electrons. The number of nitrogens with zero attached hydrogens (tertiary/aromatic N) is 6. The summed E-state index contributed by atoms with van der Waals surface area (Å²) in [5.41, 5.74) is 4.53. The molecule has 0 spiro atoms. The minimum absolute atomic E-state index is 0.121. The van der Waals surface area contributed by atoms with E-state index in [1.165, 1.54) is 0 Å². The van der Waals surface area contributed by atoms with Gasteiger partial charge in [0.2, 0.25) is 0 Å². The van der Waals surface area contributed by atoms with Gasteiger partial charge in [0, 0.05) is 17.8 Å². The number of aromatic nitrogens is 4. The summed E-state index contributed by atoms with van der Waals surface area (Å²) in [5, 5.41) is 19.4. The molecule has 1 aliphatic heterocycles. The minimum Gasteiger partial charge on any atom is -0.488 e. The van der Waals surface area contributed by atoms with Gasteiger partial charge in [0.15, 0.2) is 0 Å². The summed E-state index contributed by atoms with van der Waals surface area (Å²) in [6.45, 7) is 5.57. The van der Waals surface area contributed by atoms with Gasteiger partial charge in [-0.25, -0.2) is 19.2 Å². The van der Waals surface area contributed by atoms with Crippen molar-refractivity contribution in [3.05, 3.63) is 112 Å². The topological polar surface area (TPSA) is 109 Å². The molecule has 0 unspecified atom stereocenters. The number of carboxylic acid groups (broad SMARTS) is 1. The first kappa shape index (κ1) is 31.3. The summed E-state index contributed by atoms with van der Waals surface area (Å²) >= 11 is 5.99. The fourth-order valence-corrected chi connectivity index (χ4v) is 6.31. The highest BCUT2D eigenvalue weighted by Gasteiger charge is 2.29. The second-order valence-electron chi connectivity index (χ2n) is 11.6. The van der Waals surface area contributed by atoms with Crippen molar-refractivity contribution in [1.82, 2.24) is 24.0 Å². The Bertz CT molecular complexity index is 1910. The highest BCUT2D eigenvalue weighted by atomic mass is 35.5. The lowest BCUT2D eigenvalue weighted by Gasteiger charge is -2.33. The molecular weight excluding hydrogens is 607 g/mol. The zero-order valence-corrected chi connectivity index (χ0v) is 26.2. The summed E-state index contributed by atoms with van der Waals surface area (Å²) in [7, 11) is 0. The van der Waals surface area contributed by atoms with E-state index in [4.69, 9.17) is 21.3 Å². The third-order valence-corrected chi connectivity index (χ3v) is 8.91. The van der Waals surface area contributed by atoms with E-state index in [0.29, 0.717) is 47.8 Å². The molecule has 2 aromatic heterocycles. The van der Waals surface area contributed by atoms with Crippen molar-refractivity contribution in [3.8, 4) is 11.8 Å². The van der Waals surface area contributed by atoms with Gasteiger partial charge < -0.3 is 19.0 Å². The molecule has 5 aromatic rings. The van der Waals surface area contributed by atoms with Gasteiger partial charge in [-0.2, -0.15) is 5.26 Å². The zero-order valence-electron chi connectivity index (χ0n) is 25.4. The van der Waals surface area contributed by atoms with E-state index in [-0.39, 0.29) is 18.1 Å². The number of piperidine rings is 1. The molecule has 9 nitrogen and oxygen atoms in total. The maximum Gasteiger partial charge on any atom is 0.335 e. The first-order chi connectivity index (χ1) is 22.3. The van der Waals surface area contributed by atoms with Gasteiger partial charge in [-0.15, -0.1) is 0 Å².